The number of carbonyl (C=O) groups is 1. The van der Waals surface area contributed by atoms with Crippen molar-refractivity contribution in [2.24, 2.45) is 0 Å². The number of piperazine rings is 1. The second kappa shape index (κ2) is 13.9. The number of hydrogen-bond acceptors (Lipinski definition) is 5. The minimum atomic E-state index is -3.48. The van der Waals surface area contributed by atoms with Gasteiger partial charge in [-0.25, -0.2) is 8.42 Å². The molecule has 0 spiro atoms. The van der Waals surface area contributed by atoms with Crippen LogP contribution < -0.4 is 9.64 Å². The molecule has 0 aromatic heterocycles. The van der Waals surface area contributed by atoms with Crippen molar-refractivity contribution in [3.05, 3.63) is 161 Å². The van der Waals surface area contributed by atoms with E-state index in [0.717, 1.165) is 31.4 Å². The van der Waals surface area contributed by atoms with Crippen molar-refractivity contribution in [2.45, 2.75) is 42.1 Å². The molecular weight excluding hydrogens is 629 g/mol. The van der Waals surface area contributed by atoms with Crippen LogP contribution in [-0.2, 0) is 15.3 Å². The lowest BCUT2D eigenvalue weighted by Gasteiger charge is -2.38. The molecule has 1 aliphatic heterocycles. The van der Waals surface area contributed by atoms with Crippen LogP contribution in [-0.4, -0.2) is 57.8 Å². The van der Waals surface area contributed by atoms with Crippen molar-refractivity contribution in [1.82, 2.24) is 4.90 Å². The first-order valence-corrected chi connectivity index (χ1v) is 19.1. The highest BCUT2D eigenvalue weighted by atomic mass is 32.2. The van der Waals surface area contributed by atoms with Gasteiger partial charge in [0.2, 0.25) is 0 Å². The minimum absolute atomic E-state index is 0.0554. The van der Waals surface area contributed by atoms with Gasteiger partial charge in [-0.3, -0.25) is 4.79 Å². The molecule has 2 aliphatic rings. The van der Waals surface area contributed by atoms with Crippen LogP contribution in [0.2, 0.25) is 0 Å². The Hall–Kier alpha value is -4.88. The second-order valence-corrected chi connectivity index (χ2v) is 15.1. The van der Waals surface area contributed by atoms with E-state index in [1.54, 1.807) is 12.1 Å². The lowest BCUT2D eigenvalue weighted by Crippen LogP contribution is -2.49. The van der Waals surface area contributed by atoms with Gasteiger partial charge in [-0.1, -0.05) is 103 Å². The monoisotopic (exact) mass is 670 g/mol. The number of sulfone groups is 1. The lowest BCUT2D eigenvalue weighted by atomic mass is 9.65. The van der Waals surface area contributed by atoms with Gasteiger partial charge in [0, 0.05) is 38.1 Å². The molecule has 1 saturated carbocycles. The van der Waals surface area contributed by atoms with E-state index in [0.29, 0.717) is 37.5 Å². The molecule has 5 aromatic rings. The van der Waals surface area contributed by atoms with E-state index >= 15 is 0 Å². The molecule has 250 valence electrons. The first-order valence-electron chi connectivity index (χ1n) is 17.2. The van der Waals surface area contributed by atoms with Gasteiger partial charge in [0.05, 0.1) is 22.0 Å². The maximum Gasteiger partial charge on any atom is 0.257 e. The number of hydrogen-bond donors (Lipinski definition) is 0. The molecule has 5 aromatic carbocycles. The summed E-state index contributed by atoms with van der Waals surface area (Å²) in [6.07, 6.45) is 5.32. The molecule has 6 nitrogen and oxygen atoms in total. The number of carbonyl (C=O) groups excluding carboxylic acids is 1. The van der Waals surface area contributed by atoms with E-state index in [1.807, 2.05) is 4.90 Å². The van der Waals surface area contributed by atoms with Gasteiger partial charge >= 0.3 is 0 Å². The molecule has 1 aliphatic carbocycles. The molecule has 1 heterocycles. The van der Waals surface area contributed by atoms with Crippen LogP contribution in [0.25, 0.3) is 0 Å². The van der Waals surface area contributed by atoms with E-state index < -0.39 is 15.3 Å². The van der Waals surface area contributed by atoms with E-state index in [4.69, 9.17) is 4.74 Å². The highest BCUT2D eigenvalue weighted by Crippen LogP contribution is 2.45. The van der Waals surface area contributed by atoms with E-state index in [2.05, 4.69) is 120 Å². The Kier molecular flexibility index (Phi) is 9.28. The van der Waals surface area contributed by atoms with E-state index in [-0.39, 0.29) is 16.9 Å². The van der Waals surface area contributed by atoms with Gasteiger partial charge in [0.1, 0.15) is 5.75 Å². The zero-order valence-electron chi connectivity index (χ0n) is 27.9. The van der Waals surface area contributed by atoms with Crippen LogP contribution in [0, 0.1) is 0 Å². The number of ether oxygens (including phenoxy) is 1. The summed E-state index contributed by atoms with van der Waals surface area (Å²) in [5.41, 5.74) is 5.69. The van der Waals surface area contributed by atoms with Gasteiger partial charge in [0.25, 0.3) is 5.91 Å². The predicted molar refractivity (Wildman–Crippen MR) is 195 cm³/mol. The number of anilines is 1. The maximum absolute atomic E-state index is 13.9. The van der Waals surface area contributed by atoms with Crippen LogP contribution in [0.1, 0.15) is 58.3 Å². The topological polar surface area (TPSA) is 66.9 Å². The van der Waals surface area contributed by atoms with Crippen molar-refractivity contribution in [3.8, 4) is 5.75 Å². The van der Waals surface area contributed by atoms with Crippen LogP contribution in [0.4, 0.5) is 5.69 Å². The fourth-order valence-corrected chi connectivity index (χ4v) is 8.17. The summed E-state index contributed by atoms with van der Waals surface area (Å²) in [4.78, 5) is 18.2. The number of benzene rings is 5. The number of amides is 1. The Bertz CT molecular complexity index is 1890. The second-order valence-electron chi connectivity index (χ2n) is 13.1. The molecule has 0 N–H and O–H groups in total. The molecule has 49 heavy (non-hydrogen) atoms. The van der Waals surface area contributed by atoms with Crippen LogP contribution in [0.5, 0.6) is 5.75 Å². The zero-order valence-corrected chi connectivity index (χ0v) is 28.7. The lowest BCUT2D eigenvalue weighted by molar-refractivity contribution is 0.0739. The molecule has 0 bridgehead atoms. The zero-order chi connectivity index (χ0) is 33.8. The fourth-order valence-electron chi connectivity index (χ4n) is 7.52. The molecule has 0 radical (unpaired) electrons. The SMILES string of the molecule is CS(=O)(=O)c1ccc(OC2CCCC2)c(C(=O)N2CCN(c3ccc(C(c4ccccc4)(c4ccccc4)c4ccccc4)cc3)CC2)c1. The summed E-state index contributed by atoms with van der Waals surface area (Å²) < 4.78 is 31.0. The fraction of sp³-hybridized carbons (Fsp3) is 0.262. The Morgan fingerprint density at radius 2 is 1.14 bits per heavy atom. The summed E-state index contributed by atoms with van der Waals surface area (Å²) in [5.74, 6) is 0.285. The summed E-state index contributed by atoms with van der Waals surface area (Å²) in [5, 5.41) is 0. The highest BCUT2D eigenvalue weighted by molar-refractivity contribution is 7.90. The van der Waals surface area contributed by atoms with Crippen molar-refractivity contribution in [1.29, 1.82) is 0 Å². The average Bonchev–Trinajstić information content (AvgIpc) is 3.66. The molecule has 7 rings (SSSR count). The Morgan fingerprint density at radius 3 is 1.63 bits per heavy atom. The van der Waals surface area contributed by atoms with Gasteiger partial charge in [-0.2, -0.15) is 0 Å². The van der Waals surface area contributed by atoms with Crippen molar-refractivity contribution in [2.75, 3.05) is 37.3 Å². The third-order valence-corrected chi connectivity index (χ3v) is 11.2. The van der Waals surface area contributed by atoms with Crippen molar-refractivity contribution >= 4 is 21.4 Å². The largest absolute Gasteiger partial charge is 0.490 e. The standard InChI is InChI=1S/C42H42N2O4S/c1-49(46,47)38-25-26-40(48-37-19-11-12-20-37)39(31-38)41(45)44-29-27-43(28-30-44)36-23-21-35(22-24-36)42(32-13-5-2-6-14-32,33-15-7-3-8-16-33)34-17-9-4-10-18-34/h2-10,13-18,21-26,31,37H,11-12,19-20,27-30H2,1H3. The highest BCUT2D eigenvalue weighted by Gasteiger charge is 2.38. The van der Waals surface area contributed by atoms with E-state index in [1.165, 1.54) is 34.6 Å². The molecule has 2 fully saturated rings. The number of nitrogens with zero attached hydrogens (tertiary/aromatic N) is 2. The summed E-state index contributed by atoms with van der Waals surface area (Å²) in [7, 11) is -3.48. The smallest absolute Gasteiger partial charge is 0.257 e. The minimum Gasteiger partial charge on any atom is -0.490 e. The third kappa shape index (κ3) is 6.60. The van der Waals surface area contributed by atoms with Gasteiger partial charge in [-0.05, 0) is 78.3 Å². The first-order chi connectivity index (χ1) is 23.8. The molecule has 7 heteroatoms. The van der Waals surface area contributed by atoms with Gasteiger partial charge in [0.15, 0.2) is 9.84 Å². The van der Waals surface area contributed by atoms with Gasteiger partial charge in [-0.15, -0.1) is 0 Å². The summed E-state index contributed by atoms with van der Waals surface area (Å²) >= 11 is 0. The van der Waals surface area contributed by atoms with Crippen molar-refractivity contribution < 1.29 is 17.9 Å². The van der Waals surface area contributed by atoms with E-state index in [9.17, 15) is 13.2 Å². The Labute approximate surface area is 289 Å². The molecule has 1 saturated heterocycles. The summed E-state index contributed by atoms with van der Waals surface area (Å²) in [6.45, 7) is 2.37. The molecule has 0 unspecified atom stereocenters. The van der Waals surface area contributed by atoms with Crippen molar-refractivity contribution in [3.63, 3.8) is 0 Å². The molecule has 1 amide bonds. The quantitative estimate of drug-likeness (QED) is 0.150. The normalized spacial score (nSPS) is 15.7. The summed E-state index contributed by atoms with van der Waals surface area (Å²) in [6, 6.07) is 45.6. The molecule has 0 atom stereocenters. The van der Waals surface area contributed by atoms with Crippen LogP contribution >= 0.6 is 0 Å². The van der Waals surface area contributed by atoms with Crippen LogP contribution in [0.3, 0.4) is 0 Å². The molecular formula is C42H42N2O4S. The van der Waals surface area contributed by atoms with Gasteiger partial charge < -0.3 is 14.5 Å². The average molecular weight is 671 g/mol. The Morgan fingerprint density at radius 1 is 0.653 bits per heavy atom. The Balaban J connectivity index is 1.15. The first kappa shape index (κ1) is 32.7. The third-order valence-electron chi connectivity index (χ3n) is 10.1. The number of rotatable bonds is 9. The maximum atomic E-state index is 13.9. The van der Waals surface area contributed by atoms with Crippen LogP contribution in [0.15, 0.2) is 138 Å². The predicted octanol–water partition coefficient (Wildman–Crippen LogP) is 7.76.